The predicted molar refractivity (Wildman–Crippen MR) is 409 cm³/mol. The highest BCUT2D eigenvalue weighted by molar-refractivity contribution is 7.47. The minimum atomic E-state index is -4.96. The van der Waals surface area contributed by atoms with Crippen LogP contribution in [-0.4, -0.2) is 96.7 Å². The van der Waals surface area contributed by atoms with Gasteiger partial charge in [-0.25, -0.2) is 9.13 Å². The monoisotopic (exact) mass is 1470 g/mol. The van der Waals surface area contributed by atoms with Crippen LogP contribution < -0.4 is 0 Å². The maximum atomic E-state index is 13.1. The lowest BCUT2D eigenvalue weighted by atomic mass is 9.99. The molecule has 0 saturated heterocycles. The Hall–Kier alpha value is -1.94. The Labute approximate surface area is 613 Å². The first-order valence-electron chi connectivity index (χ1n) is 41.9. The lowest BCUT2D eigenvalue weighted by Crippen LogP contribution is -2.30. The molecule has 0 heterocycles. The van der Waals surface area contributed by atoms with E-state index in [1.807, 2.05) is 0 Å². The fourth-order valence-corrected chi connectivity index (χ4v) is 14.0. The summed E-state index contributed by atoms with van der Waals surface area (Å²) in [7, 11) is -9.91. The van der Waals surface area contributed by atoms with Gasteiger partial charge in [0.1, 0.15) is 19.3 Å². The number of carbonyl (C=O) groups excluding carboxylic acids is 4. The molecule has 4 unspecified atom stereocenters. The van der Waals surface area contributed by atoms with Crippen molar-refractivity contribution in [2.75, 3.05) is 39.6 Å². The Balaban J connectivity index is 5.13. The molecule has 0 bridgehead atoms. The van der Waals surface area contributed by atoms with Crippen LogP contribution in [0.1, 0.15) is 421 Å². The molecule has 594 valence electrons. The van der Waals surface area contributed by atoms with E-state index in [0.717, 1.165) is 114 Å². The van der Waals surface area contributed by atoms with Gasteiger partial charge in [0.05, 0.1) is 26.4 Å². The third-order valence-electron chi connectivity index (χ3n) is 19.6. The Morgan fingerprint density at radius 2 is 0.510 bits per heavy atom. The molecule has 0 rings (SSSR count). The quantitative estimate of drug-likeness (QED) is 0.0222. The molecule has 0 aliphatic heterocycles. The van der Waals surface area contributed by atoms with Gasteiger partial charge < -0.3 is 33.8 Å². The molecule has 19 heteroatoms. The minimum Gasteiger partial charge on any atom is -0.462 e. The van der Waals surface area contributed by atoms with Crippen molar-refractivity contribution in [3.05, 3.63) is 0 Å². The lowest BCUT2D eigenvalue weighted by molar-refractivity contribution is -0.161. The summed E-state index contributed by atoms with van der Waals surface area (Å²) in [5.41, 5.74) is 0. The molecule has 0 saturated carbocycles. The first-order chi connectivity index (χ1) is 48.3. The Bertz CT molecular complexity index is 1940. The van der Waals surface area contributed by atoms with Crippen molar-refractivity contribution < 1.29 is 80.2 Å². The molecular weight excluding hydrogens is 1310 g/mol. The highest BCUT2D eigenvalue weighted by Gasteiger charge is 2.30. The van der Waals surface area contributed by atoms with Crippen LogP contribution in [0.25, 0.3) is 0 Å². The van der Waals surface area contributed by atoms with Crippen LogP contribution in [0.15, 0.2) is 0 Å². The Kier molecular flexibility index (Phi) is 69.9. The number of aliphatic hydroxyl groups excluding tert-OH is 1. The van der Waals surface area contributed by atoms with Crippen molar-refractivity contribution in [2.45, 2.75) is 439 Å². The van der Waals surface area contributed by atoms with Crippen LogP contribution >= 0.6 is 15.6 Å². The van der Waals surface area contributed by atoms with Gasteiger partial charge in [-0.1, -0.05) is 370 Å². The van der Waals surface area contributed by atoms with Crippen LogP contribution in [0, 0.1) is 17.8 Å². The van der Waals surface area contributed by atoms with E-state index in [-0.39, 0.29) is 25.7 Å². The normalized spacial score (nSPS) is 14.5. The SMILES string of the molecule is CCCCCCCC(=O)OC[C@H](COP(=O)(O)OC[C@H](O)COP(=O)(O)OC[C@@H](COC(=O)CCCCCCCCCCCCCCCCC(C)CC)OC(=O)CCCCCCCCCCCCCCCCCCC(C)C)OC(=O)CCCCCCCCCCCCCCCCC(C)CC. The number of hydrogen-bond acceptors (Lipinski definition) is 15. The van der Waals surface area contributed by atoms with Gasteiger partial charge in [-0.15, -0.1) is 0 Å². The van der Waals surface area contributed by atoms with Crippen LogP contribution in [0.3, 0.4) is 0 Å². The molecule has 0 radical (unpaired) electrons. The summed E-state index contributed by atoms with van der Waals surface area (Å²) in [4.78, 5) is 72.7. The number of hydrogen-bond donors (Lipinski definition) is 3. The van der Waals surface area contributed by atoms with Gasteiger partial charge in [0.2, 0.25) is 0 Å². The topological polar surface area (TPSA) is 237 Å². The van der Waals surface area contributed by atoms with Crippen molar-refractivity contribution in [3.8, 4) is 0 Å². The third kappa shape index (κ3) is 71.7. The molecule has 0 fully saturated rings. The summed E-state index contributed by atoms with van der Waals surface area (Å²) < 4.78 is 68.5. The molecule has 0 aliphatic carbocycles. The fraction of sp³-hybridized carbons (Fsp3) is 0.951. The van der Waals surface area contributed by atoms with Gasteiger partial charge in [-0.2, -0.15) is 0 Å². The summed E-state index contributed by atoms with van der Waals surface area (Å²) in [6, 6.07) is 0. The summed E-state index contributed by atoms with van der Waals surface area (Å²) in [6.07, 6.45) is 60.0. The number of phosphoric ester groups is 2. The van der Waals surface area contributed by atoms with Gasteiger partial charge in [-0.3, -0.25) is 37.3 Å². The predicted octanol–water partition coefficient (Wildman–Crippen LogP) is 24.1. The number of esters is 4. The Morgan fingerprint density at radius 3 is 0.760 bits per heavy atom. The summed E-state index contributed by atoms with van der Waals surface area (Å²) >= 11 is 0. The van der Waals surface area contributed by atoms with Crippen LogP contribution in [0.2, 0.25) is 0 Å². The van der Waals surface area contributed by atoms with Crippen LogP contribution in [0.4, 0.5) is 0 Å². The van der Waals surface area contributed by atoms with Crippen molar-refractivity contribution in [1.82, 2.24) is 0 Å². The second-order valence-corrected chi connectivity index (χ2v) is 33.0. The number of unbranched alkanes of at least 4 members (excludes halogenated alkanes) is 45. The second kappa shape index (κ2) is 71.3. The molecule has 0 aliphatic rings. The smallest absolute Gasteiger partial charge is 0.462 e. The molecule has 0 aromatic carbocycles. The molecule has 0 amide bonds. The number of rotatable bonds is 79. The maximum Gasteiger partial charge on any atom is 0.472 e. The minimum absolute atomic E-state index is 0.107. The summed E-state index contributed by atoms with van der Waals surface area (Å²) in [6.45, 7) is 12.0. The summed E-state index contributed by atoms with van der Waals surface area (Å²) in [5, 5.41) is 10.6. The van der Waals surface area contributed by atoms with E-state index < -0.39 is 97.5 Å². The standard InChI is InChI=1S/C81H158O17P2/c1-8-11-12-45-55-62-78(83)91-68-76(97-80(85)64-57-51-44-38-32-26-20-18-23-29-35-41-48-54-61-74(7)10-3)70-95-99(87,88)93-66-75(82)67-94-100(89,90)96-71-77(69-92-79(84)63-56-49-42-36-30-24-19-17-22-28-34-40-47-53-60-73(6)9-2)98-81(86)65-58-50-43-37-31-25-16-14-13-15-21-27-33-39-46-52-59-72(4)5/h72-77,82H,8-71H2,1-7H3,(H,87,88)(H,89,90)/t73?,74?,75-,76+,77+/m0/s1. The molecular formula is C81H158O17P2. The number of carbonyl (C=O) groups is 4. The molecule has 17 nitrogen and oxygen atoms in total. The van der Waals surface area contributed by atoms with E-state index >= 15 is 0 Å². The van der Waals surface area contributed by atoms with Gasteiger partial charge in [0.15, 0.2) is 12.2 Å². The molecule has 0 spiro atoms. The lowest BCUT2D eigenvalue weighted by Gasteiger charge is -2.21. The molecule has 100 heavy (non-hydrogen) atoms. The highest BCUT2D eigenvalue weighted by atomic mass is 31.2. The number of aliphatic hydroxyl groups is 1. The molecule has 7 atom stereocenters. The molecule has 0 aromatic rings. The van der Waals surface area contributed by atoms with E-state index in [9.17, 15) is 43.2 Å². The van der Waals surface area contributed by atoms with Crippen molar-refractivity contribution >= 4 is 39.5 Å². The maximum absolute atomic E-state index is 13.1. The van der Waals surface area contributed by atoms with E-state index in [1.165, 1.54) is 225 Å². The van der Waals surface area contributed by atoms with Crippen LogP contribution in [-0.2, 0) is 65.4 Å². The van der Waals surface area contributed by atoms with Crippen LogP contribution in [0.5, 0.6) is 0 Å². The van der Waals surface area contributed by atoms with E-state index in [2.05, 4.69) is 48.5 Å². The first-order valence-corrected chi connectivity index (χ1v) is 44.9. The van der Waals surface area contributed by atoms with E-state index in [4.69, 9.17) is 37.0 Å². The Morgan fingerprint density at radius 1 is 0.290 bits per heavy atom. The fourth-order valence-electron chi connectivity index (χ4n) is 12.4. The third-order valence-corrected chi connectivity index (χ3v) is 21.5. The number of phosphoric acid groups is 2. The van der Waals surface area contributed by atoms with Crippen molar-refractivity contribution in [3.63, 3.8) is 0 Å². The van der Waals surface area contributed by atoms with Crippen molar-refractivity contribution in [1.29, 1.82) is 0 Å². The largest absolute Gasteiger partial charge is 0.472 e. The highest BCUT2D eigenvalue weighted by Crippen LogP contribution is 2.45. The molecule has 3 N–H and O–H groups in total. The van der Waals surface area contributed by atoms with Gasteiger partial charge in [0.25, 0.3) is 0 Å². The van der Waals surface area contributed by atoms with Gasteiger partial charge in [0, 0.05) is 25.7 Å². The van der Waals surface area contributed by atoms with E-state index in [0.29, 0.717) is 25.7 Å². The zero-order chi connectivity index (χ0) is 73.7. The zero-order valence-electron chi connectivity index (χ0n) is 65.7. The van der Waals surface area contributed by atoms with Gasteiger partial charge >= 0.3 is 39.5 Å². The summed E-state index contributed by atoms with van der Waals surface area (Å²) in [5.74, 6) is 0.384. The number of ether oxygens (including phenoxy) is 4. The average molecular weight is 1470 g/mol. The second-order valence-electron chi connectivity index (χ2n) is 30.1. The average Bonchev–Trinajstić information content (AvgIpc) is 0.930. The molecule has 0 aromatic heterocycles. The van der Waals surface area contributed by atoms with Gasteiger partial charge in [-0.05, 0) is 43.4 Å². The van der Waals surface area contributed by atoms with E-state index in [1.54, 1.807) is 0 Å². The zero-order valence-corrected chi connectivity index (χ0v) is 67.5. The van der Waals surface area contributed by atoms with Crippen molar-refractivity contribution in [2.24, 2.45) is 17.8 Å². The first kappa shape index (κ1) is 98.1.